The van der Waals surface area contributed by atoms with Gasteiger partial charge in [-0.15, -0.1) is 0 Å². The van der Waals surface area contributed by atoms with E-state index in [1.165, 1.54) is 6.20 Å². The van der Waals surface area contributed by atoms with E-state index in [9.17, 15) is 4.79 Å². The maximum atomic E-state index is 12.4. The molecule has 0 amide bonds. The molecule has 1 fully saturated rings. The van der Waals surface area contributed by atoms with Crippen LogP contribution in [0.4, 0.5) is 0 Å². The summed E-state index contributed by atoms with van der Waals surface area (Å²) in [6.07, 6.45) is 1.52. The predicted molar refractivity (Wildman–Crippen MR) is 63.6 cm³/mol. The largest absolute Gasteiger partial charge is 0.292 e. The van der Waals surface area contributed by atoms with Gasteiger partial charge in [-0.2, -0.15) is 5.10 Å². The standard InChI is InChI=1S/C12H17ClN2O/c1-11(2)10(12(11,3)4)9(16)8-7(13)6-14-15(8)5/h6,10H,1-5H3. The second-order valence-corrected chi connectivity index (χ2v) is 6.11. The first-order chi connectivity index (χ1) is 7.21. The SMILES string of the molecule is Cn1ncc(Cl)c1C(=O)C1C(C)(C)C1(C)C. The Morgan fingerprint density at radius 1 is 1.38 bits per heavy atom. The van der Waals surface area contributed by atoms with Crippen molar-refractivity contribution in [1.82, 2.24) is 9.78 Å². The fourth-order valence-corrected chi connectivity index (χ4v) is 2.94. The maximum Gasteiger partial charge on any atom is 0.186 e. The highest BCUT2D eigenvalue weighted by atomic mass is 35.5. The van der Waals surface area contributed by atoms with Crippen LogP contribution >= 0.6 is 11.6 Å². The molecule has 1 aromatic heterocycles. The number of rotatable bonds is 2. The lowest BCUT2D eigenvalue weighted by molar-refractivity contribution is 0.0936. The van der Waals surface area contributed by atoms with Gasteiger partial charge >= 0.3 is 0 Å². The number of nitrogens with zero attached hydrogens (tertiary/aromatic N) is 2. The van der Waals surface area contributed by atoms with Crippen LogP contribution in [0.3, 0.4) is 0 Å². The van der Waals surface area contributed by atoms with Crippen molar-refractivity contribution in [3.8, 4) is 0 Å². The average Bonchev–Trinajstić information content (AvgIpc) is 2.39. The van der Waals surface area contributed by atoms with Crippen LogP contribution in [-0.2, 0) is 7.05 Å². The van der Waals surface area contributed by atoms with Crippen LogP contribution in [0, 0.1) is 16.7 Å². The molecule has 1 aliphatic carbocycles. The fraction of sp³-hybridized carbons (Fsp3) is 0.667. The third kappa shape index (κ3) is 1.27. The monoisotopic (exact) mass is 240 g/mol. The molecule has 0 aliphatic heterocycles. The molecule has 1 aromatic rings. The van der Waals surface area contributed by atoms with Gasteiger partial charge in [-0.05, 0) is 10.8 Å². The van der Waals surface area contributed by atoms with Crippen LogP contribution in [0.5, 0.6) is 0 Å². The van der Waals surface area contributed by atoms with Crippen molar-refractivity contribution in [2.75, 3.05) is 0 Å². The fourth-order valence-electron chi connectivity index (χ4n) is 2.68. The van der Waals surface area contributed by atoms with Crippen molar-refractivity contribution in [2.24, 2.45) is 23.8 Å². The van der Waals surface area contributed by atoms with Crippen LogP contribution in [0.15, 0.2) is 6.20 Å². The molecule has 4 heteroatoms. The summed E-state index contributed by atoms with van der Waals surface area (Å²) in [6.45, 7) is 8.50. The van der Waals surface area contributed by atoms with E-state index in [4.69, 9.17) is 11.6 Å². The molecule has 2 rings (SSSR count). The van der Waals surface area contributed by atoms with Gasteiger partial charge in [0.25, 0.3) is 0 Å². The molecule has 0 N–H and O–H groups in total. The van der Waals surface area contributed by atoms with Crippen molar-refractivity contribution >= 4 is 17.4 Å². The zero-order valence-electron chi connectivity index (χ0n) is 10.3. The van der Waals surface area contributed by atoms with Crippen LogP contribution in [-0.4, -0.2) is 15.6 Å². The highest BCUT2D eigenvalue weighted by Gasteiger charge is 2.68. The van der Waals surface area contributed by atoms with E-state index in [2.05, 4.69) is 32.8 Å². The normalized spacial score (nSPS) is 22.1. The summed E-state index contributed by atoms with van der Waals surface area (Å²) in [5, 5.41) is 4.46. The van der Waals surface area contributed by atoms with E-state index in [1.54, 1.807) is 11.7 Å². The Morgan fingerprint density at radius 3 is 2.19 bits per heavy atom. The van der Waals surface area contributed by atoms with E-state index in [-0.39, 0.29) is 22.5 Å². The summed E-state index contributed by atoms with van der Waals surface area (Å²) in [6, 6.07) is 0. The number of aromatic nitrogens is 2. The second-order valence-electron chi connectivity index (χ2n) is 5.71. The molecule has 0 spiro atoms. The molecule has 3 nitrogen and oxygen atoms in total. The minimum Gasteiger partial charge on any atom is -0.292 e. The van der Waals surface area contributed by atoms with Crippen LogP contribution in [0.2, 0.25) is 5.02 Å². The lowest BCUT2D eigenvalue weighted by Crippen LogP contribution is -2.13. The maximum absolute atomic E-state index is 12.4. The van der Waals surface area contributed by atoms with Gasteiger partial charge in [0.05, 0.1) is 11.2 Å². The second kappa shape index (κ2) is 3.10. The van der Waals surface area contributed by atoms with E-state index < -0.39 is 0 Å². The number of aryl methyl sites for hydroxylation is 1. The quantitative estimate of drug-likeness (QED) is 0.745. The van der Waals surface area contributed by atoms with Gasteiger partial charge < -0.3 is 0 Å². The average molecular weight is 241 g/mol. The molecule has 1 saturated carbocycles. The zero-order chi connectivity index (χ0) is 12.3. The molecule has 0 atom stereocenters. The summed E-state index contributed by atoms with van der Waals surface area (Å²) in [7, 11) is 1.75. The van der Waals surface area contributed by atoms with Crippen molar-refractivity contribution in [1.29, 1.82) is 0 Å². The number of ketones is 1. The Bertz CT molecular complexity index is 426. The molecule has 0 unspecified atom stereocenters. The number of carbonyl (C=O) groups excluding carboxylic acids is 1. The molecule has 1 heterocycles. The zero-order valence-corrected chi connectivity index (χ0v) is 11.1. The topological polar surface area (TPSA) is 34.9 Å². The first-order valence-corrected chi connectivity index (χ1v) is 5.80. The number of hydrogen-bond donors (Lipinski definition) is 0. The Hall–Kier alpha value is -0.830. The molecule has 0 bridgehead atoms. The number of carbonyl (C=O) groups is 1. The Morgan fingerprint density at radius 2 is 1.88 bits per heavy atom. The lowest BCUT2D eigenvalue weighted by atomic mass is 10.0. The summed E-state index contributed by atoms with van der Waals surface area (Å²) in [5.74, 6) is 0.146. The Labute approximate surface area is 101 Å². The minimum atomic E-state index is 0.0351. The number of Topliss-reactive ketones (excluding diaryl/α,β-unsaturated/α-hetero) is 1. The van der Waals surface area contributed by atoms with Crippen LogP contribution in [0.25, 0.3) is 0 Å². The summed E-state index contributed by atoms with van der Waals surface area (Å²) < 4.78 is 1.56. The highest BCUT2D eigenvalue weighted by molar-refractivity contribution is 6.33. The predicted octanol–water partition coefficient (Wildman–Crippen LogP) is 2.94. The molecular weight excluding hydrogens is 224 g/mol. The molecular formula is C12H17ClN2O. The molecule has 1 aliphatic rings. The van der Waals surface area contributed by atoms with E-state index in [0.29, 0.717) is 10.7 Å². The summed E-state index contributed by atoms with van der Waals surface area (Å²) in [4.78, 5) is 12.4. The number of halogens is 1. The van der Waals surface area contributed by atoms with Gasteiger partial charge in [0.15, 0.2) is 5.78 Å². The van der Waals surface area contributed by atoms with Crippen molar-refractivity contribution in [3.05, 3.63) is 16.9 Å². The Balaban J connectivity index is 2.37. The van der Waals surface area contributed by atoms with Gasteiger partial charge in [0.1, 0.15) is 5.69 Å². The van der Waals surface area contributed by atoms with Gasteiger partial charge in [-0.1, -0.05) is 39.3 Å². The first kappa shape index (κ1) is 11.6. The van der Waals surface area contributed by atoms with Crippen molar-refractivity contribution in [2.45, 2.75) is 27.7 Å². The van der Waals surface area contributed by atoms with Gasteiger partial charge in [-0.3, -0.25) is 9.48 Å². The van der Waals surface area contributed by atoms with Gasteiger partial charge in [-0.25, -0.2) is 0 Å². The summed E-state index contributed by atoms with van der Waals surface area (Å²) >= 11 is 5.99. The van der Waals surface area contributed by atoms with Gasteiger partial charge in [0, 0.05) is 13.0 Å². The first-order valence-electron chi connectivity index (χ1n) is 5.43. The third-order valence-corrected chi connectivity index (χ3v) is 4.69. The van der Waals surface area contributed by atoms with E-state index >= 15 is 0 Å². The lowest BCUT2D eigenvalue weighted by Gasteiger charge is -2.03. The Kier molecular flexibility index (Phi) is 2.26. The molecule has 88 valence electrons. The highest BCUT2D eigenvalue weighted by Crippen LogP contribution is 2.69. The molecule has 0 radical (unpaired) electrons. The van der Waals surface area contributed by atoms with Crippen LogP contribution < -0.4 is 0 Å². The van der Waals surface area contributed by atoms with Crippen LogP contribution in [0.1, 0.15) is 38.2 Å². The molecule has 0 aromatic carbocycles. The van der Waals surface area contributed by atoms with Gasteiger partial charge in [0.2, 0.25) is 0 Å². The smallest absolute Gasteiger partial charge is 0.186 e. The minimum absolute atomic E-state index is 0.0351. The third-order valence-electron chi connectivity index (χ3n) is 4.41. The summed E-state index contributed by atoms with van der Waals surface area (Å²) in [5.41, 5.74) is 0.611. The molecule has 16 heavy (non-hydrogen) atoms. The van der Waals surface area contributed by atoms with Crippen molar-refractivity contribution in [3.63, 3.8) is 0 Å². The van der Waals surface area contributed by atoms with E-state index in [0.717, 1.165) is 0 Å². The van der Waals surface area contributed by atoms with E-state index in [1.807, 2.05) is 0 Å². The number of hydrogen-bond acceptors (Lipinski definition) is 2. The molecule has 0 saturated heterocycles. The van der Waals surface area contributed by atoms with Crippen molar-refractivity contribution < 1.29 is 4.79 Å².